The summed E-state index contributed by atoms with van der Waals surface area (Å²) in [7, 11) is 1.52. The molecule has 0 aromatic carbocycles. The number of rotatable bonds is 1. The topological polar surface area (TPSA) is 55.2 Å². The number of aromatic hydroxyl groups is 1. The fourth-order valence-corrected chi connectivity index (χ4v) is 1.19. The van der Waals surface area contributed by atoms with Crippen LogP contribution in [-0.4, -0.2) is 22.2 Å². The van der Waals surface area contributed by atoms with Crippen LogP contribution in [0.15, 0.2) is 24.5 Å². The molecule has 0 aliphatic heterocycles. The van der Waals surface area contributed by atoms with Gasteiger partial charge in [0.15, 0.2) is 0 Å². The molecule has 0 radical (unpaired) electrons. The Morgan fingerprint density at radius 2 is 2.00 bits per heavy atom. The van der Waals surface area contributed by atoms with Crippen molar-refractivity contribution in [2.24, 2.45) is 0 Å². The maximum Gasteiger partial charge on any atom is 0.240 e. The van der Waals surface area contributed by atoms with Crippen LogP contribution in [0.2, 0.25) is 0 Å². The highest BCUT2D eigenvalue weighted by Gasteiger charge is 2.05. The Hall–Kier alpha value is -1.84. The van der Waals surface area contributed by atoms with Crippen LogP contribution in [0.3, 0.4) is 0 Å². The molecule has 0 saturated heterocycles. The summed E-state index contributed by atoms with van der Waals surface area (Å²) in [4.78, 5) is 8.04. The molecule has 2 rings (SSSR count). The van der Waals surface area contributed by atoms with Crippen LogP contribution < -0.4 is 4.74 Å². The zero-order valence-electron chi connectivity index (χ0n) is 7.06. The van der Waals surface area contributed by atoms with Crippen molar-refractivity contribution in [1.82, 2.24) is 9.97 Å². The maximum atomic E-state index is 9.47. The minimum atomic E-state index is 0.186. The zero-order chi connectivity index (χ0) is 9.26. The Bertz CT molecular complexity index is 443. The van der Waals surface area contributed by atoms with E-state index in [4.69, 9.17) is 4.74 Å². The fourth-order valence-electron chi connectivity index (χ4n) is 1.19. The Balaban J connectivity index is 2.84. The van der Waals surface area contributed by atoms with E-state index in [9.17, 15) is 5.11 Å². The molecule has 0 spiro atoms. The van der Waals surface area contributed by atoms with E-state index in [0.29, 0.717) is 16.8 Å². The van der Waals surface area contributed by atoms with E-state index < -0.39 is 0 Å². The molecule has 0 aliphatic rings. The monoisotopic (exact) mass is 176 g/mol. The minimum absolute atomic E-state index is 0.186. The number of ether oxygens (including phenoxy) is 1. The molecular weight excluding hydrogens is 168 g/mol. The molecule has 0 fully saturated rings. The highest BCUT2D eigenvalue weighted by molar-refractivity contribution is 5.87. The number of hydrogen-bond donors (Lipinski definition) is 1. The Kier molecular flexibility index (Phi) is 1.73. The smallest absolute Gasteiger partial charge is 0.240 e. The molecule has 1 N–H and O–H groups in total. The summed E-state index contributed by atoms with van der Waals surface area (Å²) < 4.78 is 5.00. The van der Waals surface area contributed by atoms with Crippen LogP contribution in [0.4, 0.5) is 0 Å². The summed E-state index contributed by atoms with van der Waals surface area (Å²) in [5.74, 6) is 0.610. The highest BCUT2D eigenvalue weighted by atomic mass is 16.5. The predicted octanol–water partition coefficient (Wildman–Crippen LogP) is 1.34. The Morgan fingerprint density at radius 1 is 1.23 bits per heavy atom. The number of nitrogens with zero attached hydrogens (tertiary/aromatic N) is 2. The summed E-state index contributed by atoms with van der Waals surface area (Å²) in [6.07, 6.45) is 3.09. The van der Waals surface area contributed by atoms with Crippen molar-refractivity contribution in [2.75, 3.05) is 7.11 Å². The van der Waals surface area contributed by atoms with Crippen molar-refractivity contribution in [1.29, 1.82) is 0 Å². The quantitative estimate of drug-likeness (QED) is 0.712. The van der Waals surface area contributed by atoms with Gasteiger partial charge in [0, 0.05) is 17.8 Å². The number of aromatic nitrogens is 2. The van der Waals surface area contributed by atoms with Gasteiger partial charge in [-0.2, -0.15) is 0 Å². The summed E-state index contributed by atoms with van der Waals surface area (Å²) in [6, 6.07) is 3.22. The van der Waals surface area contributed by atoms with E-state index in [2.05, 4.69) is 9.97 Å². The number of hydrogen-bond acceptors (Lipinski definition) is 4. The van der Waals surface area contributed by atoms with Gasteiger partial charge in [0.05, 0.1) is 7.11 Å². The normalized spacial score (nSPS) is 10.2. The summed E-state index contributed by atoms with van der Waals surface area (Å²) in [6.45, 7) is 0. The summed E-state index contributed by atoms with van der Waals surface area (Å²) >= 11 is 0. The Labute approximate surface area is 74.8 Å². The molecule has 0 atom stereocenters. The Morgan fingerprint density at radius 3 is 2.77 bits per heavy atom. The van der Waals surface area contributed by atoms with Crippen molar-refractivity contribution in [3.63, 3.8) is 0 Å². The molecule has 0 amide bonds. The van der Waals surface area contributed by atoms with Gasteiger partial charge in [0.1, 0.15) is 11.3 Å². The lowest BCUT2D eigenvalue weighted by atomic mass is 10.2. The number of fused-ring (bicyclic) bond motifs is 1. The average molecular weight is 176 g/mol. The first-order chi connectivity index (χ1) is 6.33. The largest absolute Gasteiger partial charge is 0.507 e. The van der Waals surface area contributed by atoms with Crippen LogP contribution in [-0.2, 0) is 0 Å². The van der Waals surface area contributed by atoms with Gasteiger partial charge in [-0.25, -0.2) is 4.98 Å². The average Bonchev–Trinajstić information content (AvgIpc) is 2.18. The molecular formula is C9H8N2O2. The zero-order valence-corrected chi connectivity index (χ0v) is 7.06. The third-order valence-corrected chi connectivity index (χ3v) is 1.80. The van der Waals surface area contributed by atoms with Gasteiger partial charge in [-0.1, -0.05) is 0 Å². The van der Waals surface area contributed by atoms with Crippen LogP contribution in [0, 0.1) is 0 Å². The van der Waals surface area contributed by atoms with Crippen molar-refractivity contribution >= 4 is 10.9 Å². The standard InChI is InChI=1S/C9H8N2O2/c1-13-9-8-6(2-4-11-9)7(12)3-5-10-8/h2-5H,1H3,(H,10,12). The lowest BCUT2D eigenvalue weighted by Crippen LogP contribution is -1.90. The predicted molar refractivity (Wildman–Crippen MR) is 47.8 cm³/mol. The summed E-state index contributed by atoms with van der Waals surface area (Å²) in [5, 5.41) is 10.1. The van der Waals surface area contributed by atoms with Crippen molar-refractivity contribution in [3.05, 3.63) is 24.5 Å². The second-order valence-corrected chi connectivity index (χ2v) is 2.55. The van der Waals surface area contributed by atoms with Crippen molar-refractivity contribution < 1.29 is 9.84 Å². The van der Waals surface area contributed by atoms with Gasteiger partial charge in [0.2, 0.25) is 5.88 Å². The van der Waals surface area contributed by atoms with E-state index in [-0.39, 0.29) is 5.75 Å². The molecule has 13 heavy (non-hydrogen) atoms. The molecule has 0 unspecified atom stereocenters. The molecule has 0 saturated carbocycles. The molecule has 0 aliphatic carbocycles. The first-order valence-electron chi connectivity index (χ1n) is 3.79. The number of methoxy groups -OCH3 is 1. The van der Waals surface area contributed by atoms with Crippen LogP contribution in [0.25, 0.3) is 10.9 Å². The van der Waals surface area contributed by atoms with Gasteiger partial charge in [0.25, 0.3) is 0 Å². The first-order valence-corrected chi connectivity index (χ1v) is 3.79. The van der Waals surface area contributed by atoms with Crippen molar-refractivity contribution in [2.45, 2.75) is 0 Å². The molecule has 0 bridgehead atoms. The molecule has 2 aromatic rings. The minimum Gasteiger partial charge on any atom is -0.507 e. The van der Waals surface area contributed by atoms with Gasteiger partial charge in [-0.15, -0.1) is 0 Å². The molecule has 66 valence electrons. The van der Waals surface area contributed by atoms with Crippen LogP contribution >= 0.6 is 0 Å². The van der Waals surface area contributed by atoms with E-state index in [1.165, 1.54) is 19.4 Å². The lowest BCUT2D eigenvalue weighted by Gasteiger charge is -2.03. The van der Waals surface area contributed by atoms with Gasteiger partial charge < -0.3 is 9.84 Å². The number of pyridine rings is 2. The van der Waals surface area contributed by atoms with Gasteiger partial charge in [-0.3, -0.25) is 4.98 Å². The first kappa shape index (κ1) is 7.79. The van der Waals surface area contributed by atoms with E-state index >= 15 is 0 Å². The van der Waals surface area contributed by atoms with E-state index in [1.807, 2.05) is 0 Å². The highest BCUT2D eigenvalue weighted by Crippen LogP contribution is 2.26. The van der Waals surface area contributed by atoms with Crippen molar-refractivity contribution in [3.8, 4) is 11.6 Å². The third-order valence-electron chi connectivity index (χ3n) is 1.80. The van der Waals surface area contributed by atoms with E-state index in [0.717, 1.165) is 0 Å². The van der Waals surface area contributed by atoms with E-state index in [1.54, 1.807) is 12.3 Å². The van der Waals surface area contributed by atoms with Gasteiger partial charge in [-0.05, 0) is 12.1 Å². The molecule has 4 nitrogen and oxygen atoms in total. The molecule has 4 heteroatoms. The third kappa shape index (κ3) is 1.16. The van der Waals surface area contributed by atoms with Crippen LogP contribution in [0.5, 0.6) is 11.6 Å². The van der Waals surface area contributed by atoms with Gasteiger partial charge >= 0.3 is 0 Å². The van der Waals surface area contributed by atoms with Crippen LogP contribution in [0.1, 0.15) is 0 Å². The second-order valence-electron chi connectivity index (χ2n) is 2.55. The molecule has 2 heterocycles. The SMILES string of the molecule is COc1nccc2c(O)ccnc12. The fraction of sp³-hybridized carbons (Fsp3) is 0.111. The molecule has 2 aromatic heterocycles. The maximum absolute atomic E-state index is 9.47. The lowest BCUT2D eigenvalue weighted by molar-refractivity contribution is 0.402. The summed E-state index contributed by atoms with van der Waals surface area (Å²) in [5.41, 5.74) is 0.574. The second kappa shape index (κ2) is 2.90.